The molecule has 106 valence electrons. The van der Waals surface area contributed by atoms with E-state index in [-0.39, 0.29) is 6.10 Å². The molecule has 4 heteroatoms. The maximum absolute atomic E-state index is 10.2. The van der Waals surface area contributed by atoms with Crippen LogP contribution < -0.4 is 5.32 Å². The summed E-state index contributed by atoms with van der Waals surface area (Å²) in [5, 5.41) is 15.3. The van der Waals surface area contributed by atoms with Crippen LogP contribution in [-0.2, 0) is 0 Å². The number of fused-ring (bicyclic) bond motifs is 1. The first kappa shape index (κ1) is 13.7. The largest absolute Gasteiger partial charge is 0.391 e. The minimum atomic E-state index is -0.278. The highest BCUT2D eigenvalue weighted by molar-refractivity contribution is 6.31. The second kappa shape index (κ2) is 5.98. The van der Waals surface area contributed by atoms with Gasteiger partial charge in [-0.15, -0.1) is 0 Å². The number of aliphatic hydroxyl groups is 1. The summed E-state index contributed by atoms with van der Waals surface area (Å²) in [6, 6.07) is 7.60. The summed E-state index contributed by atoms with van der Waals surface area (Å²) in [5.74, 6) is 0.444. The molecule has 0 amide bonds. The number of hydrogen-bond donors (Lipinski definition) is 2. The summed E-state index contributed by atoms with van der Waals surface area (Å²) in [4.78, 5) is 4.33. The number of nitrogens with zero attached hydrogens (tertiary/aromatic N) is 1. The van der Waals surface area contributed by atoms with Gasteiger partial charge in [-0.1, -0.05) is 24.4 Å². The number of nitrogens with one attached hydrogen (secondary N) is 1. The van der Waals surface area contributed by atoms with E-state index in [1.54, 1.807) is 6.20 Å². The zero-order valence-electron chi connectivity index (χ0n) is 11.3. The van der Waals surface area contributed by atoms with Crippen molar-refractivity contribution >= 4 is 28.2 Å². The fraction of sp³-hybridized carbons (Fsp3) is 0.438. The Morgan fingerprint density at radius 3 is 2.90 bits per heavy atom. The van der Waals surface area contributed by atoms with Gasteiger partial charge < -0.3 is 10.4 Å². The fourth-order valence-corrected chi connectivity index (χ4v) is 3.17. The van der Waals surface area contributed by atoms with Gasteiger partial charge in [0.25, 0.3) is 0 Å². The Morgan fingerprint density at radius 1 is 1.30 bits per heavy atom. The number of benzene rings is 1. The first-order valence-electron chi connectivity index (χ1n) is 7.20. The molecule has 0 saturated heterocycles. The molecule has 1 atom stereocenters. The summed E-state index contributed by atoms with van der Waals surface area (Å²) in [6.07, 6.45) is 6.28. The predicted molar refractivity (Wildman–Crippen MR) is 83.2 cm³/mol. The number of aliphatic hydroxyl groups excluding tert-OH is 1. The average Bonchev–Trinajstić information content (AvgIpc) is 2.99. The highest BCUT2D eigenvalue weighted by Gasteiger charge is 2.22. The standard InChI is InChI=1S/C16H19ClN2O/c17-12-5-6-14-13(9-12)15(7-8-18-14)19-10-16(20)11-3-1-2-4-11/h5-9,11,16,20H,1-4,10H2,(H,18,19). The lowest BCUT2D eigenvalue weighted by Crippen LogP contribution is -2.26. The maximum Gasteiger partial charge on any atom is 0.0740 e. The SMILES string of the molecule is OC(CNc1ccnc2ccc(Cl)cc12)C1CCCC1. The van der Waals surface area contributed by atoms with Crippen LogP contribution in [0, 0.1) is 5.92 Å². The number of anilines is 1. The lowest BCUT2D eigenvalue weighted by molar-refractivity contribution is 0.123. The van der Waals surface area contributed by atoms with Crippen molar-refractivity contribution in [3.05, 3.63) is 35.5 Å². The molecule has 1 aliphatic carbocycles. The van der Waals surface area contributed by atoms with Gasteiger partial charge in [0.2, 0.25) is 0 Å². The Kier molecular flexibility index (Phi) is 4.08. The molecule has 3 rings (SSSR count). The summed E-state index contributed by atoms with van der Waals surface area (Å²) in [5.41, 5.74) is 1.89. The number of aromatic nitrogens is 1. The van der Waals surface area contributed by atoms with E-state index in [4.69, 9.17) is 11.6 Å². The molecule has 0 aliphatic heterocycles. The van der Waals surface area contributed by atoms with Crippen LogP contribution in [0.15, 0.2) is 30.5 Å². The normalized spacial score (nSPS) is 17.5. The minimum Gasteiger partial charge on any atom is -0.391 e. The lowest BCUT2D eigenvalue weighted by atomic mass is 10.0. The van der Waals surface area contributed by atoms with E-state index in [9.17, 15) is 5.11 Å². The maximum atomic E-state index is 10.2. The van der Waals surface area contributed by atoms with E-state index in [1.165, 1.54) is 12.8 Å². The topological polar surface area (TPSA) is 45.1 Å². The molecule has 1 unspecified atom stereocenters. The molecule has 1 aromatic carbocycles. The van der Waals surface area contributed by atoms with Gasteiger partial charge in [0, 0.05) is 28.8 Å². The molecular weight excluding hydrogens is 272 g/mol. The quantitative estimate of drug-likeness (QED) is 0.899. The van der Waals surface area contributed by atoms with E-state index in [0.717, 1.165) is 29.4 Å². The third-order valence-electron chi connectivity index (χ3n) is 4.15. The highest BCUT2D eigenvalue weighted by atomic mass is 35.5. The second-order valence-corrected chi connectivity index (χ2v) is 5.95. The van der Waals surface area contributed by atoms with E-state index >= 15 is 0 Å². The first-order chi connectivity index (χ1) is 9.74. The summed E-state index contributed by atoms with van der Waals surface area (Å²) in [6.45, 7) is 0.580. The van der Waals surface area contributed by atoms with Crippen LogP contribution >= 0.6 is 11.6 Å². The van der Waals surface area contributed by atoms with Crippen LogP contribution in [0.5, 0.6) is 0 Å². The number of hydrogen-bond acceptors (Lipinski definition) is 3. The highest BCUT2D eigenvalue weighted by Crippen LogP contribution is 2.29. The van der Waals surface area contributed by atoms with Crippen molar-refractivity contribution in [2.75, 3.05) is 11.9 Å². The van der Waals surface area contributed by atoms with Gasteiger partial charge >= 0.3 is 0 Å². The van der Waals surface area contributed by atoms with Gasteiger partial charge in [0.05, 0.1) is 11.6 Å². The van der Waals surface area contributed by atoms with Crippen molar-refractivity contribution in [1.82, 2.24) is 4.98 Å². The van der Waals surface area contributed by atoms with Crippen LogP contribution in [0.4, 0.5) is 5.69 Å². The van der Waals surface area contributed by atoms with Gasteiger partial charge in [-0.25, -0.2) is 0 Å². The smallest absolute Gasteiger partial charge is 0.0740 e. The zero-order chi connectivity index (χ0) is 13.9. The van der Waals surface area contributed by atoms with Crippen molar-refractivity contribution in [2.45, 2.75) is 31.8 Å². The van der Waals surface area contributed by atoms with Crippen LogP contribution in [0.2, 0.25) is 5.02 Å². The third kappa shape index (κ3) is 2.89. The molecule has 1 saturated carbocycles. The van der Waals surface area contributed by atoms with Gasteiger partial charge in [-0.05, 0) is 43.0 Å². The first-order valence-corrected chi connectivity index (χ1v) is 7.58. The third-order valence-corrected chi connectivity index (χ3v) is 4.38. The molecule has 1 heterocycles. The van der Waals surface area contributed by atoms with Gasteiger partial charge in [-0.3, -0.25) is 4.98 Å². The Bertz CT molecular complexity index is 596. The van der Waals surface area contributed by atoms with Crippen LogP contribution in [0.3, 0.4) is 0 Å². The summed E-state index contributed by atoms with van der Waals surface area (Å²) < 4.78 is 0. The molecule has 1 aliphatic rings. The van der Waals surface area contributed by atoms with Crippen molar-refractivity contribution in [2.24, 2.45) is 5.92 Å². The van der Waals surface area contributed by atoms with Gasteiger partial charge in [0.15, 0.2) is 0 Å². The second-order valence-electron chi connectivity index (χ2n) is 5.51. The minimum absolute atomic E-state index is 0.278. The van der Waals surface area contributed by atoms with Crippen molar-refractivity contribution in [1.29, 1.82) is 0 Å². The number of halogens is 1. The Morgan fingerprint density at radius 2 is 2.10 bits per heavy atom. The average molecular weight is 291 g/mol. The molecule has 0 radical (unpaired) electrons. The molecule has 2 N–H and O–H groups in total. The Hall–Kier alpha value is -1.32. The molecule has 1 fully saturated rings. The van der Waals surface area contributed by atoms with Crippen LogP contribution in [0.1, 0.15) is 25.7 Å². The van der Waals surface area contributed by atoms with Crippen molar-refractivity contribution in [3.8, 4) is 0 Å². The van der Waals surface area contributed by atoms with Crippen molar-refractivity contribution in [3.63, 3.8) is 0 Å². The number of rotatable bonds is 4. The summed E-state index contributed by atoms with van der Waals surface area (Å²) in [7, 11) is 0. The monoisotopic (exact) mass is 290 g/mol. The Balaban J connectivity index is 1.75. The molecule has 0 spiro atoms. The molecule has 20 heavy (non-hydrogen) atoms. The zero-order valence-corrected chi connectivity index (χ0v) is 12.1. The fourth-order valence-electron chi connectivity index (χ4n) is 3.00. The number of pyridine rings is 1. The Labute approximate surface area is 124 Å². The van der Waals surface area contributed by atoms with E-state index in [2.05, 4.69) is 10.3 Å². The molecule has 1 aromatic heterocycles. The molecule has 2 aromatic rings. The van der Waals surface area contributed by atoms with E-state index < -0.39 is 0 Å². The molecular formula is C16H19ClN2O. The van der Waals surface area contributed by atoms with Gasteiger partial charge in [-0.2, -0.15) is 0 Å². The van der Waals surface area contributed by atoms with E-state index in [1.807, 2.05) is 24.3 Å². The van der Waals surface area contributed by atoms with Crippen LogP contribution in [-0.4, -0.2) is 22.7 Å². The van der Waals surface area contributed by atoms with Crippen molar-refractivity contribution < 1.29 is 5.11 Å². The lowest BCUT2D eigenvalue weighted by Gasteiger charge is -2.19. The molecule has 0 bridgehead atoms. The van der Waals surface area contributed by atoms with E-state index in [0.29, 0.717) is 17.5 Å². The van der Waals surface area contributed by atoms with Crippen LogP contribution in [0.25, 0.3) is 10.9 Å². The summed E-state index contributed by atoms with van der Waals surface area (Å²) >= 11 is 6.05. The predicted octanol–water partition coefficient (Wildman–Crippen LogP) is 3.85. The van der Waals surface area contributed by atoms with Gasteiger partial charge in [0.1, 0.15) is 0 Å². The molecule has 3 nitrogen and oxygen atoms in total.